The molecule has 12 nitrogen and oxygen atoms in total. The van der Waals surface area contributed by atoms with Crippen molar-refractivity contribution in [3.05, 3.63) is 64.6 Å². The number of ether oxygens (including phenoxy) is 1. The second kappa shape index (κ2) is 9.07. The maximum Gasteiger partial charge on any atom is 0.343 e. The molecular weight excluding hydrogens is 486 g/mol. The summed E-state index contributed by atoms with van der Waals surface area (Å²) in [7, 11) is 0. The average Bonchev–Trinajstić information content (AvgIpc) is 3.31. The summed E-state index contributed by atoms with van der Waals surface area (Å²) in [4.78, 5) is 27.1. The molecule has 1 unspecified atom stereocenters. The van der Waals surface area contributed by atoms with Crippen LogP contribution in [0.15, 0.2) is 56.9 Å². The van der Waals surface area contributed by atoms with Gasteiger partial charge in [-0.15, -0.1) is 0 Å². The number of furan rings is 1. The first-order valence-corrected chi connectivity index (χ1v) is 13.2. The number of nitrogens with two attached hydrogens (primary N) is 1. The smallest absolute Gasteiger partial charge is 0.343 e. The van der Waals surface area contributed by atoms with Crippen LogP contribution in [0, 0.1) is 0 Å². The van der Waals surface area contributed by atoms with Crippen LogP contribution < -0.4 is 26.2 Å². The van der Waals surface area contributed by atoms with E-state index in [1.165, 1.54) is 10.7 Å². The van der Waals surface area contributed by atoms with Gasteiger partial charge >= 0.3 is 5.69 Å². The van der Waals surface area contributed by atoms with Crippen LogP contribution in [0.3, 0.4) is 0 Å². The number of piperazine rings is 1. The molecular formula is C26H31N9O3. The van der Waals surface area contributed by atoms with Crippen molar-refractivity contribution in [2.45, 2.75) is 38.6 Å². The first-order chi connectivity index (χ1) is 18.5. The molecule has 0 spiro atoms. The largest absolute Gasteiger partial charge is 0.490 e. The molecule has 0 amide bonds. The van der Waals surface area contributed by atoms with E-state index in [-0.39, 0.29) is 11.9 Å². The molecule has 198 valence electrons. The zero-order valence-electron chi connectivity index (χ0n) is 21.3. The molecule has 7 rings (SSSR count). The van der Waals surface area contributed by atoms with Crippen LogP contribution in [0.1, 0.15) is 31.2 Å². The second-order valence-electron chi connectivity index (χ2n) is 10.1. The highest BCUT2D eigenvalue weighted by atomic mass is 16.5. The summed E-state index contributed by atoms with van der Waals surface area (Å²) in [6.45, 7) is 6.86. The van der Waals surface area contributed by atoms with Gasteiger partial charge in [0.05, 0.1) is 12.4 Å². The number of rotatable bonds is 7. The topological polar surface area (TPSA) is 126 Å². The highest BCUT2D eigenvalue weighted by molar-refractivity contribution is 6.14. The molecule has 1 saturated heterocycles. The van der Waals surface area contributed by atoms with Crippen LogP contribution in [0.4, 0.5) is 11.5 Å². The minimum atomic E-state index is -0.319. The van der Waals surface area contributed by atoms with Crippen molar-refractivity contribution < 1.29 is 9.15 Å². The Morgan fingerprint density at radius 1 is 1.11 bits per heavy atom. The predicted molar refractivity (Wildman–Crippen MR) is 143 cm³/mol. The normalized spacial score (nSPS) is 20.2. The van der Waals surface area contributed by atoms with Gasteiger partial charge in [-0.25, -0.2) is 20.3 Å². The molecule has 2 aliphatic heterocycles. The molecule has 2 fully saturated rings. The lowest BCUT2D eigenvalue weighted by atomic mass is 10.1. The van der Waals surface area contributed by atoms with E-state index < -0.39 is 0 Å². The Hall–Kier alpha value is -4.03. The van der Waals surface area contributed by atoms with Gasteiger partial charge in [-0.3, -0.25) is 19.5 Å². The number of aromatic amines is 1. The zero-order valence-corrected chi connectivity index (χ0v) is 21.3. The molecule has 3 aromatic heterocycles. The number of nitrogens with one attached hydrogen (secondary N) is 1. The van der Waals surface area contributed by atoms with E-state index in [4.69, 9.17) is 25.0 Å². The molecule has 1 aromatic carbocycles. The van der Waals surface area contributed by atoms with Crippen molar-refractivity contribution in [3.63, 3.8) is 0 Å². The number of aromatic nitrogens is 4. The van der Waals surface area contributed by atoms with Gasteiger partial charge in [0.2, 0.25) is 5.78 Å². The fourth-order valence-corrected chi connectivity index (χ4v) is 5.19. The minimum Gasteiger partial charge on any atom is -0.490 e. The number of hydrogen-bond acceptors (Lipinski definition) is 9. The molecule has 0 bridgehead atoms. The van der Waals surface area contributed by atoms with Crippen LogP contribution in [0.25, 0.3) is 5.78 Å². The van der Waals surface area contributed by atoms with Gasteiger partial charge in [0.15, 0.2) is 11.6 Å². The van der Waals surface area contributed by atoms with Crippen molar-refractivity contribution in [1.29, 1.82) is 0 Å². The van der Waals surface area contributed by atoms with Crippen molar-refractivity contribution in [2.24, 2.45) is 10.8 Å². The summed E-state index contributed by atoms with van der Waals surface area (Å²) in [6, 6.07) is 12.1. The van der Waals surface area contributed by atoms with Gasteiger partial charge in [0.1, 0.15) is 23.3 Å². The van der Waals surface area contributed by atoms with Crippen LogP contribution in [-0.4, -0.2) is 74.8 Å². The third kappa shape index (κ3) is 4.05. The number of aliphatic imine (C=N–C) groups is 1. The van der Waals surface area contributed by atoms with Crippen LogP contribution in [0.2, 0.25) is 0 Å². The van der Waals surface area contributed by atoms with Gasteiger partial charge in [0.25, 0.3) is 0 Å². The quantitative estimate of drug-likeness (QED) is 0.355. The lowest BCUT2D eigenvalue weighted by Gasteiger charge is -2.36. The van der Waals surface area contributed by atoms with E-state index in [0.29, 0.717) is 41.4 Å². The standard InChI is InChI=1S/C26H31N9O3/c1-17-28-22(21-3-2-16-37-21)23-24(34(17)27)29-25-33(26(36)30-35(23)25)15-12-31-10-13-32(14-11-31)18-4-6-19(7-5-18)38-20-8-9-20/h2-7,16-17,20H,8-15,27H2,1H3,(H,30,36). The van der Waals surface area contributed by atoms with Gasteiger partial charge in [0, 0.05) is 45.0 Å². The van der Waals surface area contributed by atoms with Gasteiger partial charge in [-0.1, -0.05) is 0 Å². The molecule has 3 aliphatic rings. The SMILES string of the molecule is CC1N=C(c2ccco2)c2c(nc3n(CCN4CCN(c5ccc(OC6CC6)cc5)CC4)c(=O)[nH]n23)N1N. The molecule has 1 saturated carbocycles. The Labute approximate surface area is 218 Å². The summed E-state index contributed by atoms with van der Waals surface area (Å²) < 4.78 is 14.8. The number of hydrogen-bond donors (Lipinski definition) is 2. The maximum atomic E-state index is 12.9. The molecule has 5 heterocycles. The molecule has 1 atom stereocenters. The highest BCUT2D eigenvalue weighted by Crippen LogP contribution is 2.30. The number of imidazole rings is 1. The van der Waals surface area contributed by atoms with Crippen molar-refractivity contribution in [3.8, 4) is 5.75 Å². The number of H-pyrrole nitrogens is 1. The Morgan fingerprint density at radius 2 is 1.89 bits per heavy atom. The molecule has 1 aliphatic carbocycles. The summed E-state index contributed by atoms with van der Waals surface area (Å²) in [6.07, 6.45) is 4.02. The fourth-order valence-electron chi connectivity index (χ4n) is 5.19. The van der Waals surface area contributed by atoms with Gasteiger partial charge in [-0.05, 0) is 56.2 Å². The minimum absolute atomic E-state index is 0.219. The molecule has 38 heavy (non-hydrogen) atoms. The van der Waals surface area contributed by atoms with E-state index in [9.17, 15) is 4.79 Å². The monoisotopic (exact) mass is 517 g/mol. The number of benzene rings is 1. The molecule has 4 aromatic rings. The maximum absolute atomic E-state index is 12.9. The van der Waals surface area contributed by atoms with Gasteiger partial charge < -0.3 is 14.1 Å². The number of anilines is 2. The van der Waals surface area contributed by atoms with Crippen LogP contribution >= 0.6 is 0 Å². The lowest BCUT2D eigenvalue weighted by molar-refractivity contribution is 0.248. The Balaban J connectivity index is 1.05. The first kappa shape index (κ1) is 23.1. The molecule has 0 radical (unpaired) electrons. The van der Waals surface area contributed by atoms with Crippen LogP contribution in [0.5, 0.6) is 5.75 Å². The van der Waals surface area contributed by atoms with Crippen molar-refractivity contribution in [2.75, 3.05) is 42.6 Å². The fraction of sp³-hybridized carbons (Fsp3) is 0.423. The van der Waals surface area contributed by atoms with E-state index >= 15 is 0 Å². The van der Waals surface area contributed by atoms with Crippen molar-refractivity contribution >= 4 is 23.0 Å². The van der Waals surface area contributed by atoms with Gasteiger partial charge in [-0.2, -0.15) is 4.98 Å². The van der Waals surface area contributed by atoms with E-state index in [1.54, 1.807) is 15.3 Å². The predicted octanol–water partition coefficient (Wildman–Crippen LogP) is 1.66. The van der Waals surface area contributed by atoms with E-state index in [1.807, 2.05) is 19.1 Å². The van der Waals surface area contributed by atoms with Crippen molar-refractivity contribution in [1.82, 2.24) is 24.1 Å². The van der Waals surface area contributed by atoms with Crippen LogP contribution in [-0.2, 0) is 6.54 Å². The van der Waals surface area contributed by atoms with E-state index in [2.05, 4.69) is 39.2 Å². The number of nitrogens with zero attached hydrogens (tertiary/aromatic N) is 7. The third-order valence-corrected chi connectivity index (χ3v) is 7.52. The summed E-state index contributed by atoms with van der Waals surface area (Å²) in [5.41, 5.74) is 2.23. The Morgan fingerprint density at radius 3 is 2.61 bits per heavy atom. The second-order valence-corrected chi connectivity index (χ2v) is 10.1. The molecule has 12 heteroatoms. The average molecular weight is 518 g/mol. The number of fused-ring (bicyclic) bond motifs is 3. The summed E-state index contributed by atoms with van der Waals surface area (Å²) in [5, 5.41) is 4.43. The lowest BCUT2D eigenvalue weighted by Crippen LogP contribution is -2.47. The van der Waals surface area contributed by atoms with E-state index in [0.717, 1.165) is 51.3 Å². The summed E-state index contributed by atoms with van der Waals surface area (Å²) >= 11 is 0. The first-order valence-electron chi connectivity index (χ1n) is 13.2. The summed E-state index contributed by atoms with van der Waals surface area (Å²) in [5.74, 6) is 8.92. The Kier molecular flexibility index (Phi) is 5.51. The zero-order chi connectivity index (χ0) is 25.8. The number of hydrazine groups is 1. The Bertz CT molecular complexity index is 1520. The molecule has 3 N–H and O–H groups in total. The third-order valence-electron chi connectivity index (χ3n) is 7.52. The highest BCUT2D eigenvalue weighted by Gasteiger charge is 2.33.